The average Bonchev–Trinajstić information content (AvgIpc) is 2.01. The Morgan fingerprint density at radius 3 is 2.36 bits per heavy atom. The van der Waals surface area contributed by atoms with E-state index in [1.54, 1.807) is 0 Å². The van der Waals surface area contributed by atoms with Crippen LogP contribution in [-0.4, -0.2) is 19.4 Å². The van der Waals surface area contributed by atoms with E-state index in [0.29, 0.717) is 0 Å². The molecular formula is C9H8BrF2NO. The number of carbonyl (C=O) groups is 1. The molecule has 0 heterocycles. The second kappa shape index (κ2) is 4.61. The molecule has 76 valence electrons. The van der Waals surface area contributed by atoms with Gasteiger partial charge < -0.3 is 5.32 Å². The molecule has 1 N–H and O–H groups in total. The summed E-state index contributed by atoms with van der Waals surface area (Å²) in [5.74, 6) is -2.30. The van der Waals surface area contributed by atoms with Crippen molar-refractivity contribution in [1.29, 1.82) is 0 Å². The smallest absolute Gasteiger partial charge is 0.182 e. The minimum Gasteiger partial charge on any atom is -0.313 e. The van der Waals surface area contributed by atoms with Crippen molar-refractivity contribution in [2.75, 3.05) is 13.6 Å². The van der Waals surface area contributed by atoms with Crippen molar-refractivity contribution in [2.24, 2.45) is 0 Å². The Hall–Kier alpha value is -0.810. The molecule has 0 saturated carbocycles. The fourth-order valence-electron chi connectivity index (χ4n) is 1.06. The molecule has 0 unspecified atom stereocenters. The van der Waals surface area contributed by atoms with E-state index < -0.39 is 23.0 Å². The maximum Gasteiger partial charge on any atom is 0.182 e. The molecule has 0 fully saturated rings. The summed E-state index contributed by atoms with van der Waals surface area (Å²) < 4.78 is 26.6. The third-order valence-corrected chi connectivity index (χ3v) is 2.08. The number of ketones is 1. The summed E-state index contributed by atoms with van der Waals surface area (Å²) in [6, 6.07) is 2.12. The molecule has 1 aromatic carbocycles. The van der Waals surface area contributed by atoms with Crippen LogP contribution >= 0.6 is 15.9 Å². The summed E-state index contributed by atoms with van der Waals surface area (Å²) in [5.41, 5.74) is -0.498. The van der Waals surface area contributed by atoms with Crippen LogP contribution in [-0.2, 0) is 0 Å². The van der Waals surface area contributed by atoms with Crippen molar-refractivity contribution in [3.63, 3.8) is 0 Å². The fourth-order valence-corrected chi connectivity index (χ4v) is 1.46. The second-order valence-corrected chi connectivity index (χ2v) is 3.61. The lowest BCUT2D eigenvalue weighted by Gasteiger charge is -2.04. The molecule has 0 aliphatic rings. The van der Waals surface area contributed by atoms with Crippen LogP contribution in [0.25, 0.3) is 0 Å². The topological polar surface area (TPSA) is 29.1 Å². The monoisotopic (exact) mass is 263 g/mol. The largest absolute Gasteiger partial charge is 0.313 e. The molecule has 14 heavy (non-hydrogen) atoms. The first-order chi connectivity index (χ1) is 6.56. The van der Waals surface area contributed by atoms with Crippen LogP contribution in [0.15, 0.2) is 16.6 Å². The number of nitrogens with one attached hydrogen (secondary N) is 1. The highest BCUT2D eigenvalue weighted by atomic mass is 79.9. The van der Waals surface area contributed by atoms with Crippen molar-refractivity contribution in [1.82, 2.24) is 5.32 Å². The zero-order valence-corrected chi connectivity index (χ0v) is 8.99. The minimum atomic E-state index is -0.850. The number of halogens is 3. The molecule has 0 amide bonds. The molecule has 1 rings (SSSR count). The zero-order valence-electron chi connectivity index (χ0n) is 7.40. The van der Waals surface area contributed by atoms with Gasteiger partial charge in [-0.1, -0.05) is 15.9 Å². The SMILES string of the molecule is CNCC(=O)c1c(F)cc(Br)cc1F. The summed E-state index contributed by atoms with van der Waals surface area (Å²) in [6.07, 6.45) is 0. The van der Waals surface area contributed by atoms with Crippen LogP contribution in [0, 0.1) is 11.6 Å². The Balaban J connectivity index is 3.14. The van der Waals surface area contributed by atoms with E-state index in [-0.39, 0.29) is 11.0 Å². The zero-order chi connectivity index (χ0) is 10.7. The number of carbonyl (C=O) groups excluding carboxylic acids is 1. The first-order valence-corrected chi connectivity index (χ1v) is 4.68. The first kappa shape index (κ1) is 11.3. The molecule has 5 heteroatoms. The van der Waals surface area contributed by atoms with Crippen molar-refractivity contribution in [3.8, 4) is 0 Å². The molecule has 0 aromatic heterocycles. The summed E-state index contributed by atoms with van der Waals surface area (Å²) in [5, 5.41) is 2.54. The first-order valence-electron chi connectivity index (χ1n) is 3.88. The Bertz CT molecular complexity index is 345. The lowest BCUT2D eigenvalue weighted by Crippen LogP contribution is -2.20. The lowest BCUT2D eigenvalue weighted by molar-refractivity contribution is 0.0985. The molecule has 1 aromatic rings. The summed E-state index contributed by atoms with van der Waals surface area (Å²) >= 11 is 2.93. The quantitative estimate of drug-likeness (QED) is 0.847. The number of Topliss-reactive ketones (excluding diaryl/α,β-unsaturated/α-hetero) is 1. The molecule has 0 saturated heterocycles. The summed E-state index contributed by atoms with van der Waals surface area (Å²) in [6.45, 7) is -0.0878. The van der Waals surface area contributed by atoms with E-state index in [1.165, 1.54) is 7.05 Å². The lowest BCUT2D eigenvalue weighted by atomic mass is 10.1. The van der Waals surface area contributed by atoms with Crippen LogP contribution in [0.5, 0.6) is 0 Å². The van der Waals surface area contributed by atoms with Crippen LogP contribution in [0.2, 0.25) is 0 Å². The Morgan fingerprint density at radius 2 is 1.93 bits per heavy atom. The third kappa shape index (κ3) is 2.36. The van der Waals surface area contributed by atoms with Crippen molar-refractivity contribution >= 4 is 21.7 Å². The van der Waals surface area contributed by atoms with Crippen LogP contribution in [0.4, 0.5) is 8.78 Å². The highest BCUT2D eigenvalue weighted by molar-refractivity contribution is 9.10. The third-order valence-electron chi connectivity index (χ3n) is 1.62. The van der Waals surface area contributed by atoms with Gasteiger partial charge in [-0.2, -0.15) is 0 Å². The van der Waals surface area contributed by atoms with E-state index in [0.717, 1.165) is 12.1 Å². The average molecular weight is 264 g/mol. The highest BCUT2D eigenvalue weighted by Crippen LogP contribution is 2.19. The van der Waals surface area contributed by atoms with Gasteiger partial charge in [0, 0.05) is 4.47 Å². The van der Waals surface area contributed by atoms with Gasteiger partial charge in [0.2, 0.25) is 0 Å². The van der Waals surface area contributed by atoms with Gasteiger partial charge in [-0.3, -0.25) is 4.79 Å². The maximum atomic E-state index is 13.2. The fraction of sp³-hybridized carbons (Fsp3) is 0.222. The molecule has 0 bridgehead atoms. The van der Waals surface area contributed by atoms with Crippen LogP contribution < -0.4 is 5.32 Å². The van der Waals surface area contributed by atoms with Crippen molar-refractivity contribution in [2.45, 2.75) is 0 Å². The van der Waals surface area contributed by atoms with Crippen molar-refractivity contribution < 1.29 is 13.6 Å². The van der Waals surface area contributed by atoms with Gasteiger partial charge >= 0.3 is 0 Å². The summed E-state index contributed by atoms with van der Waals surface area (Å²) in [7, 11) is 1.53. The predicted molar refractivity (Wildman–Crippen MR) is 52.3 cm³/mol. The predicted octanol–water partition coefficient (Wildman–Crippen LogP) is 2.13. The van der Waals surface area contributed by atoms with Crippen LogP contribution in [0.3, 0.4) is 0 Å². The number of rotatable bonds is 3. The highest BCUT2D eigenvalue weighted by Gasteiger charge is 2.17. The van der Waals surface area contributed by atoms with E-state index in [1.807, 2.05) is 0 Å². The Labute approximate surface area is 88.4 Å². The second-order valence-electron chi connectivity index (χ2n) is 2.70. The van der Waals surface area contributed by atoms with Gasteiger partial charge in [-0.15, -0.1) is 0 Å². The molecular weight excluding hydrogens is 256 g/mol. The van der Waals surface area contributed by atoms with Gasteiger partial charge in [0.15, 0.2) is 5.78 Å². The van der Waals surface area contributed by atoms with Gasteiger partial charge in [-0.25, -0.2) is 8.78 Å². The standard InChI is InChI=1S/C9H8BrF2NO/c1-13-4-8(14)9-6(11)2-5(10)3-7(9)12/h2-3,13H,4H2,1H3. The number of hydrogen-bond donors (Lipinski definition) is 1. The maximum absolute atomic E-state index is 13.2. The molecule has 0 atom stereocenters. The summed E-state index contributed by atoms with van der Waals surface area (Å²) in [4.78, 5) is 11.2. The van der Waals surface area contributed by atoms with E-state index in [9.17, 15) is 13.6 Å². The molecule has 0 aliphatic carbocycles. The number of benzene rings is 1. The van der Waals surface area contributed by atoms with Gasteiger partial charge in [-0.05, 0) is 19.2 Å². The number of hydrogen-bond acceptors (Lipinski definition) is 2. The van der Waals surface area contributed by atoms with E-state index in [4.69, 9.17) is 0 Å². The van der Waals surface area contributed by atoms with Crippen molar-refractivity contribution in [3.05, 3.63) is 33.8 Å². The van der Waals surface area contributed by atoms with Gasteiger partial charge in [0.25, 0.3) is 0 Å². The van der Waals surface area contributed by atoms with Crippen LogP contribution in [0.1, 0.15) is 10.4 Å². The van der Waals surface area contributed by atoms with E-state index >= 15 is 0 Å². The van der Waals surface area contributed by atoms with E-state index in [2.05, 4.69) is 21.2 Å². The molecule has 2 nitrogen and oxygen atoms in total. The molecule has 0 aliphatic heterocycles. The molecule has 0 radical (unpaired) electrons. The van der Waals surface area contributed by atoms with Gasteiger partial charge in [0.1, 0.15) is 11.6 Å². The number of likely N-dealkylation sites (N-methyl/N-ethyl adjacent to an activating group) is 1. The van der Waals surface area contributed by atoms with Gasteiger partial charge in [0.05, 0.1) is 12.1 Å². The molecule has 0 spiro atoms. The Kier molecular flexibility index (Phi) is 3.71. The minimum absolute atomic E-state index is 0.0878. The normalized spacial score (nSPS) is 10.3. The Morgan fingerprint density at radius 1 is 1.43 bits per heavy atom.